The van der Waals surface area contributed by atoms with Crippen molar-refractivity contribution in [2.24, 2.45) is 0 Å². The van der Waals surface area contributed by atoms with Gasteiger partial charge in [0.1, 0.15) is 12.2 Å². The zero-order valence-electron chi connectivity index (χ0n) is 9.61. The summed E-state index contributed by atoms with van der Waals surface area (Å²) in [6.45, 7) is 2.85. The first-order chi connectivity index (χ1) is 8.34. The molecule has 7 nitrogen and oxygen atoms in total. The molecule has 7 heteroatoms. The van der Waals surface area contributed by atoms with Gasteiger partial charge in [0, 0.05) is 26.1 Å². The highest BCUT2D eigenvalue weighted by Gasteiger charge is 2.16. The third kappa shape index (κ3) is 4.12. The van der Waals surface area contributed by atoms with Gasteiger partial charge >= 0.3 is 0 Å². The molecular formula is C10H17N5O2. The van der Waals surface area contributed by atoms with Gasteiger partial charge in [0.25, 0.3) is 0 Å². The Hall–Kier alpha value is -1.47. The quantitative estimate of drug-likeness (QED) is 0.603. The third-order valence-electron chi connectivity index (χ3n) is 2.57. The molecule has 94 valence electrons. The van der Waals surface area contributed by atoms with Crippen LogP contribution in [0, 0.1) is 0 Å². The maximum atomic E-state index is 11.6. The fourth-order valence-electron chi connectivity index (χ4n) is 1.70. The number of aromatic amines is 1. The Morgan fingerprint density at radius 3 is 3.29 bits per heavy atom. The van der Waals surface area contributed by atoms with Gasteiger partial charge in [0.2, 0.25) is 5.91 Å². The molecule has 0 aliphatic carbocycles. The first-order valence-corrected chi connectivity index (χ1v) is 5.78. The minimum absolute atomic E-state index is 0.00553. The van der Waals surface area contributed by atoms with E-state index in [9.17, 15) is 4.79 Å². The van der Waals surface area contributed by atoms with Crippen molar-refractivity contribution in [2.45, 2.75) is 18.9 Å². The first-order valence-electron chi connectivity index (χ1n) is 5.78. The summed E-state index contributed by atoms with van der Waals surface area (Å²) in [4.78, 5) is 15.6. The molecule has 2 heterocycles. The number of morpholine rings is 1. The number of rotatable bonds is 5. The summed E-state index contributed by atoms with van der Waals surface area (Å²) in [6.07, 6.45) is 2.52. The van der Waals surface area contributed by atoms with Gasteiger partial charge in [-0.1, -0.05) is 0 Å². The number of carbonyl (C=O) groups excluding carboxylic acids is 1. The molecule has 2 rings (SSSR count). The predicted molar refractivity (Wildman–Crippen MR) is 60.3 cm³/mol. The van der Waals surface area contributed by atoms with Crippen molar-refractivity contribution in [3.05, 3.63) is 12.2 Å². The highest BCUT2D eigenvalue weighted by molar-refractivity contribution is 5.76. The Bertz CT molecular complexity index is 334. The van der Waals surface area contributed by atoms with Crippen molar-refractivity contribution in [3.63, 3.8) is 0 Å². The average molecular weight is 239 g/mol. The second-order valence-electron chi connectivity index (χ2n) is 3.93. The molecule has 1 fully saturated rings. The number of aromatic nitrogens is 3. The highest BCUT2D eigenvalue weighted by atomic mass is 16.5. The number of nitrogens with zero attached hydrogens (tertiary/aromatic N) is 2. The Morgan fingerprint density at radius 1 is 1.65 bits per heavy atom. The van der Waals surface area contributed by atoms with Crippen LogP contribution < -0.4 is 10.6 Å². The van der Waals surface area contributed by atoms with Crippen molar-refractivity contribution in [1.29, 1.82) is 0 Å². The van der Waals surface area contributed by atoms with E-state index in [0.717, 1.165) is 18.9 Å². The Balaban J connectivity index is 1.60. The molecule has 1 aromatic rings. The van der Waals surface area contributed by atoms with Crippen LogP contribution in [0.5, 0.6) is 0 Å². The molecule has 3 N–H and O–H groups in total. The molecule has 17 heavy (non-hydrogen) atoms. The summed E-state index contributed by atoms with van der Waals surface area (Å²) in [6, 6.07) is 0. The molecule has 1 atom stereocenters. The van der Waals surface area contributed by atoms with E-state index in [0.29, 0.717) is 26.0 Å². The van der Waals surface area contributed by atoms with Crippen LogP contribution in [0.15, 0.2) is 6.33 Å². The summed E-state index contributed by atoms with van der Waals surface area (Å²) in [7, 11) is 0. The molecule has 1 aliphatic heterocycles. The summed E-state index contributed by atoms with van der Waals surface area (Å²) in [5.41, 5.74) is 0. The smallest absolute Gasteiger partial charge is 0.222 e. The van der Waals surface area contributed by atoms with Crippen LogP contribution in [0.1, 0.15) is 12.2 Å². The molecule has 0 radical (unpaired) electrons. The van der Waals surface area contributed by atoms with Crippen LogP contribution in [0.2, 0.25) is 0 Å². The van der Waals surface area contributed by atoms with E-state index >= 15 is 0 Å². The van der Waals surface area contributed by atoms with Crippen molar-refractivity contribution in [3.8, 4) is 0 Å². The lowest BCUT2D eigenvalue weighted by molar-refractivity contribution is -0.124. The zero-order valence-corrected chi connectivity index (χ0v) is 9.61. The Labute approximate surface area is 99.3 Å². The lowest BCUT2D eigenvalue weighted by Crippen LogP contribution is -2.41. The van der Waals surface area contributed by atoms with Crippen LogP contribution in [-0.2, 0) is 16.0 Å². The number of ether oxygens (including phenoxy) is 1. The van der Waals surface area contributed by atoms with Gasteiger partial charge in [0.15, 0.2) is 0 Å². The lowest BCUT2D eigenvalue weighted by atomic mass is 10.2. The van der Waals surface area contributed by atoms with Gasteiger partial charge in [-0.15, -0.1) is 0 Å². The topological polar surface area (TPSA) is 91.9 Å². The molecule has 0 spiro atoms. The number of hydrogen-bond acceptors (Lipinski definition) is 5. The number of H-pyrrole nitrogens is 1. The Morgan fingerprint density at radius 2 is 2.59 bits per heavy atom. The maximum Gasteiger partial charge on any atom is 0.222 e. The molecular weight excluding hydrogens is 222 g/mol. The fraction of sp³-hybridized carbons (Fsp3) is 0.700. The number of amides is 1. The predicted octanol–water partition coefficient (Wildman–Crippen LogP) is -1.16. The molecule has 1 aromatic heterocycles. The van der Waals surface area contributed by atoms with Gasteiger partial charge in [-0.25, -0.2) is 4.98 Å². The second-order valence-corrected chi connectivity index (χ2v) is 3.93. The molecule has 0 saturated carbocycles. The van der Waals surface area contributed by atoms with E-state index < -0.39 is 0 Å². The SMILES string of the molecule is O=C(CC1CNCCO1)NCCc1ncn[nH]1. The van der Waals surface area contributed by atoms with E-state index in [1.54, 1.807) is 0 Å². The number of nitrogens with one attached hydrogen (secondary N) is 3. The summed E-state index contributed by atoms with van der Waals surface area (Å²) >= 11 is 0. The fourth-order valence-corrected chi connectivity index (χ4v) is 1.70. The van der Waals surface area contributed by atoms with Crippen molar-refractivity contribution in [1.82, 2.24) is 25.8 Å². The van der Waals surface area contributed by atoms with Gasteiger partial charge in [-0.2, -0.15) is 5.10 Å². The van der Waals surface area contributed by atoms with Gasteiger partial charge in [0.05, 0.1) is 19.1 Å². The minimum Gasteiger partial charge on any atom is -0.375 e. The molecule has 1 unspecified atom stereocenters. The maximum absolute atomic E-state index is 11.6. The van der Waals surface area contributed by atoms with Crippen molar-refractivity contribution in [2.75, 3.05) is 26.2 Å². The largest absolute Gasteiger partial charge is 0.375 e. The normalized spacial score (nSPS) is 20.1. The zero-order chi connectivity index (χ0) is 11.9. The van der Waals surface area contributed by atoms with Crippen molar-refractivity contribution < 1.29 is 9.53 Å². The number of hydrogen-bond donors (Lipinski definition) is 3. The van der Waals surface area contributed by atoms with Crippen LogP contribution in [0.25, 0.3) is 0 Å². The summed E-state index contributed by atoms with van der Waals surface area (Å²) < 4.78 is 5.45. The molecule has 1 aliphatic rings. The van der Waals surface area contributed by atoms with E-state index in [-0.39, 0.29) is 12.0 Å². The monoisotopic (exact) mass is 239 g/mol. The lowest BCUT2D eigenvalue weighted by Gasteiger charge is -2.22. The summed E-state index contributed by atoms with van der Waals surface area (Å²) in [5, 5.41) is 12.5. The van der Waals surface area contributed by atoms with Gasteiger partial charge in [-0.05, 0) is 0 Å². The second kappa shape index (κ2) is 6.31. The molecule has 1 saturated heterocycles. The summed E-state index contributed by atoms with van der Waals surface area (Å²) in [5.74, 6) is 0.791. The van der Waals surface area contributed by atoms with E-state index in [1.807, 2.05) is 0 Å². The highest BCUT2D eigenvalue weighted by Crippen LogP contribution is 2.00. The van der Waals surface area contributed by atoms with Crippen LogP contribution in [0.4, 0.5) is 0 Å². The van der Waals surface area contributed by atoms with E-state index in [1.165, 1.54) is 6.33 Å². The van der Waals surface area contributed by atoms with Crippen molar-refractivity contribution >= 4 is 5.91 Å². The van der Waals surface area contributed by atoms with Crippen LogP contribution in [0.3, 0.4) is 0 Å². The molecule has 0 aromatic carbocycles. The minimum atomic E-state index is -0.00553. The van der Waals surface area contributed by atoms with Crippen LogP contribution >= 0.6 is 0 Å². The number of carbonyl (C=O) groups is 1. The standard InChI is InChI=1S/C10H17N5O2/c16-10(5-8-6-11-3-4-17-8)12-2-1-9-13-7-14-15-9/h7-8,11H,1-6H2,(H,12,16)(H,13,14,15). The van der Waals surface area contributed by atoms with E-state index in [2.05, 4.69) is 25.8 Å². The molecule has 0 bridgehead atoms. The van der Waals surface area contributed by atoms with Gasteiger partial charge in [-0.3, -0.25) is 9.89 Å². The Kier molecular flexibility index (Phi) is 4.45. The average Bonchev–Trinajstić information content (AvgIpc) is 2.83. The first kappa shape index (κ1) is 12.0. The third-order valence-corrected chi connectivity index (χ3v) is 2.57. The van der Waals surface area contributed by atoms with Gasteiger partial charge < -0.3 is 15.4 Å². The molecule has 1 amide bonds. The van der Waals surface area contributed by atoms with E-state index in [4.69, 9.17) is 4.74 Å². The van der Waals surface area contributed by atoms with Crippen LogP contribution in [-0.4, -0.2) is 53.4 Å².